The van der Waals surface area contributed by atoms with Crippen molar-refractivity contribution in [3.8, 4) is 11.5 Å². The minimum Gasteiger partial charge on any atom is -0.534 e. The van der Waals surface area contributed by atoms with E-state index in [2.05, 4.69) is 10.2 Å². The lowest BCUT2D eigenvalue weighted by molar-refractivity contribution is -0.152. The normalized spacial score (nSPS) is 15.3. The van der Waals surface area contributed by atoms with E-state index in [0.29, 0.717) is 22.7 Å². The molecule has 0 amide bonds. The molecule has 0 unspecified atom stereocenters. The van der Waals surface area contributed by atoms with Gasteiger partial charge < -0.3 is 23.9 Å². The van der Waals surface area contributed by atoms with Gasteiger partial charge in [-0.1, -0.05) is 36.1 Å². The maximum Gasteiger partial charge on any atom is 0.537 e. The van der Waals surface area contributed by atoms with E-state index in [0.717, 1.165) is 0 Å². The van der Waals surface area contributed by atoms with Crippen molar-refractivity contribution in [3.63, 3.8) is 0 Å². The van der Waals surface area contributed by atoms with E-state index in [1.807, 2.05) is 6.92 Å². The minimum atomic E-state index is -1.17. The van der Waals surface area contributed by atoms with Crippen molar-refractivity contribution in [2.24, 2.45) is 0 Å². The third kappa shape index (κ3) is 5.20. The Morgan fingerprint density at radius 3 is 2.93 bits per heavy atom. The summed E-state index contributed by atoms with van der Waals surface area (Å²) >= 11 is 2.72. The van der Waals surface area contributed by atoms with E-state index < -0.39 is 25.8 Å². The lowest BCUT2D eigenvalue weighted by Crippen LogP contribution is -2.40. The van der Waals surface area contributed by atoms with Crippen LogP contribution in [0.15, 0.2) is 22.0 Å². The first-order chi connectivity index (χ1) is 14.0. The number of fused-ring (bicyclic) bond motifs is 1. The van der Waals surface area contributed by atoms with Crippen LogP contribution in [0.3, 0.4) is 0 Å². The molecule has 0 saturated heterocycles. The van der Waals surface area contributed by atoms with Crippen LogP contribution in [0.25, 0.3) is 0 Å². The van der Waals surface area contributed by atoms with Crippen LogP contribution in [0.5, 0.6) is 11.5 Å². The third-order valence-corrected chi connectivity index (χ3v) is 6.10. The molecule has 154 valence electrons. The topological polar surface area (TPSA) is 117 Å². The molecule has 1 atom stereocenters. The Morgan fingerprint density at radius 2 is 2.24 bits per heavy atom. The Hall–Kier alpha value is -2.31. The summed E-state index contributed by atoms with van der Waals surface area (Å²) in [6.07, 6.45) is 1.32. The smallest absolute Gasteiger partial charge is 0.534 e. The maximum absolute atomic E-state index is 12.6. The first-order valence-electron chi connectivity index (χ1n) is 8.83. The van der Waals surface area contributed by atoms with Gasteiger partial charge in [0.25, 0.3) is 0 Å². The molecule has 1 aliphatic rings. The fraction of sp³-hybridized carbons (Fsp3) is 0.412. The highest BCUT2D eigenvalue weighted by Crippen LogP contribution is 2.40. The molecule has 3 rings (SSSR count). The number of aromatic nitrogens is 2. The monoisotopic (exact) mass is 438 g/mol. The van der Waals surface area contributed by atoms with Crippen molar-refractivity contribution >= 4 is 42.2 Å². The Balaban J connectivity index is 1.76. The molecule has 0 radical (unpaired) electrons. The fourth-order valence-corrected chi connectivity index (χ4v) is 4.51. The first-order valence-corrected chi connectivity index (χ1v) is 10.6. The summed E-state index contributed by atoms with van der Waals surface area (Å²) in [5, 5.41) is 17.9. The average molecular weight is 438 g/mol. The maximum atomic E-state index is 12.6. The molecule has 0 spiro atoms. The van der Waals surface area contributed by atoms with Gasteiger partial charge in [-0.2, -0.15) is 0 Å². The molecule has 1 aliphatic heterocycles. The number of hydrogen-bond donors (Lipinski definition) is 1. The second-order valence-electron chi connectivity index (χ2n) is 6.02. The molecule has 12 heteroatoms. The van der Waals surface area contributed by atoms with E-state index in [4.69, 9.17) is 18.9 Å². The Kier molecular flexibility index (Phi) is 7.34. The number of thioether (sulfide) groups is 1. The lowest BCUT2D eigenvalue weighted by Gasteiger charge is -2.28. The standard InChI is InChI=1S/C17H19BN2O7S2/c1-3-4-13(21)25-9-26-16(22)14-11(24-2)6-5-10-7-12(18(23)27-15(10)14)29-17-20-19-8-28-17/h5-6,8,12,23H,3-4,7,9H2,1-2H3/t12-/m0/s1. The zero-order valence-electron chi connectivity index (χ0n) is 15.8. The SMILES string of the molecule is CCCC(=O)OCOC(=O)c1c(OC)ccc2c1OB(O)[C@@H](Sc1nncs1)C2. The van der Waals surface area contributed by atoms with E-state index in [1.54, 1.807) is 17.6 Å². The number of nitrogens with zero attached hydrogens (tertiary/aromatic N) is 2. The molecule has 0 bridgehead atoms. The number of ether oxygens (including phenoxy) is 3. The summed E-state index contributed by atoms with van der Waals surface area (Å²) in [7, 11) is 0.241. The van der Waals surface area contributed by atoms with E-state index >= 15 is 0 Å². The summed E-state index contributed by atoms with van der Waals surface area (Å²) in [6.45, 7) is 1.33. The van der Waals surface area contributed by atoms with Crippen molar-refractivity contribution < 1.29 is 33.5 Å². The average Bonchev–Trinajstić information content (AvgIpc) is 3.21. The lowest BCUT2D eigenvalue weighted by atomic mass is 9.77. The van der Waals surface area contributed by atoms with Crippen LogP contribution >= 0.6 is 23.1 Å². The molecule has 9 nitrogen and oxygen atoms in total. The predicted octanol–water partition coefficient (Wildman–Crippen LogP) is 2.12. The van der Waals surface area contributed by atoms with Gasteiger partial charge in [-0.25, -0.2) is 4.79 Å². The van der Waals surface area contributed by atoms with Crippen molar-refractivity contribution in [2.45, 2.75) is 35.7 Å². The molecule has 1 aromatic heterocycles. The van der Waals surface area contributed by atoms with Crippen LogP contribution < -0.4 is 9.39 Å². The van der Waals surface area contributed by atoms with Gasteiger partial charge >= 0.3 is 19.1 Å². The first kappa shape index (κ1) is 21.4. The molecule has 2 aromatic rings. The summed E-state index contributed by atoms with van der Waals surface area (Å²) in [6, 6.07) is 3.40. The summed E-state index contributed by atoms with van der Waals surface area (Å²) in [4.78, 5) is 24.0. The molecule has 1 aromatic carbocycles. The number of benzene rings is 1. The predicted molar refractivity (Wildman–Crippen MR) is 106 cm³/mol. The number of esters is 2. The number of methoxy groups -OCH3 is 1. The summed E-state index contributed by atoms with van der Waals surface area (Å²) < 4.78 is 21.5. The van der Waals surface area contributed by atoms with Crippen LogP contribution in [-0.4, -0.2) is 53.3 Å². The zero-order chi connectivity index (χ0) is 20.8. The molecule has 0 saturated carbocycles. The highest BCUT2D eigenvalue weighted by Gasteiger charge is 2.39. The van der Waals surface area contributed by atoms with Crippen LogP contribution in [-0.2, 0) is 20.7 Å². The van der Waals surface area contributed by atoms with E-state index in [1.165, 1.54) is 30.2 Å². The zero-order valence-corrected chi connectivity index (χ0v) is 17.5. The largest absolute Gasteiger partial charge is 0.537 e. The highest BCUT2D eigenvalue weighted by atomic mass is 32.2. The molecule has 0 fully saturated rings. The third-order valence-electron chi connectivity index (χ3n) is 4.06. The second-order valence-corrected chi connectivity index (χ2v) is 8.34. The number of carbonyl (C=O) groups excluding carboxylic acids is 2. The number of hydrogen-bond acceptors (Lipinski definition) is 11. The Bertz CT molecular complexity index is 866. The van der Waals surface area contributed by atoms with Gasteiger partial charge in [0.2, 0.25) is 6.79 Å². The Morgan fingerprint density at radius 1 is 1.41 bits per heavy atom. The number of rotatable bonds is 8. The van der Waals surface area contributed by atoms with Crippen molar-refractivity contribution in [1.82, 2.24) is 10.2 Å². The summed E-state index contributed by atoms with van der Waals surface area (Å²) in [5.74, 6) is -0.803. The van der Waals surface area contributed by atoms with Gasteiger partial charge in [-0.3, -0.25) is 4.79 Å². The van der Waals surface area contributed by atoms with Gasteiger partial charge in [-0.15, -0.1) is 10.2 Å². The fourth-order valence-electron chi connectivity index (χ4n) is 2.72. The second kappa shape index (κ2) is 9.94. The highest BCUT2D eigenvalue weighted by molar-refractivity contribution is 8.02. The van der Waals surface area contributed by atoms with Crippen molar-refractivity contribution in [3.05, 3.63) is 28.8 Å². The quantitative estimate of drug-likeness (QED) is 0.373. The van der Waals surface area contributed by atoms with Gasteiger partial charge in [0.05, 0.1) is 12.3 Å². The van der Waals surface area contributed by atoms with Gasteiger partial charge in [0, 0.05) is 6.42 Å². The molecular formula is C17H19BN2O7S2. The molecule has 1 N–H and O–H groups in total. The van der Waals surface area contributed by atoms with E-state index in [-0.39, 0.29) is 28.6 Å². The molecule has 29 heavy (non-hydrogen) atoms. The Labute approximate surface area is 175 Å². The van der Waals surface area contributed by atoms with Crippen LogP contribution in [0.1, 0.15) is 35.7 Å². The van der Waals surface area contributed by atoms with Gasteiger partial charge in [-0.05, 0) is 24.5 Å². The van der Waals surface area contributed by atoms with E-state index in [9.17, 15) is 14.6 Å². The van der Waals surface area contributed by atoms with Gasteiger partial charge in [0.15, 0.2) is 4.34 Å². The summed E-state index contributed by atoms with van der Waals surface area (Å²) in [5.41, 5.74) is 2.36. The van der Waals surface area contributed by atoms with Crippen LogP contribution in [0.2, 0.25) is 0 Å². The van der Waals surface area contributed by atoms with Crippen LogP contribution in [0, 0.1) is 0 Å². The molecular weight excluding hydrogens is 419 g/mol. The van der Waals surface area contributed by atoms with Gasteiger partial charge in [0.1, 0.15) is 22.6 Å². The minimum absolute atomic E-state index is 0.0370. The number of carbonyl (C=O) groups is 2. The molecule has 0 aliphatic carbocycles. The van der Waals surface area contributed by atoms with Crippen molar-refractivity contribution in [2.75, 3.05) is 13.9 Å². The van der Waals surface area contributed by atoms with Crippen molar-refractivity contribution in [1.29, 1.82) is 0 Å². The molecule has 2 heterocycles. The van der Waals surface area contributed by atoms with Crippen LogP contribution in [0.4, 0.5) is 0 Å².